The lowest BCUT2D eigenvalue weighted by Crippen LogP contribution is -2.36. The fraction of sp³-hybridized carbons (Fsp3) is 0.318. The van der Waals surface area contributed by atoms with Crippen LogP contribution in [0.3, 0.4) is 0 Å². The van der Waals surface area contributed by atoms with Crippen LogP contribution in [0.1, 0.15) is 16.7 Å². The van der Waals surface area contributed by atoms with Crippen molar-refractivity contribution in [1.82, 2.24) is 10.6 Å². The largest absolute Gasteiger partial charge is 0.364 e. The fourth-order valence-electron chi connectivity index (χ4n) is 3.32. The van der Waals surface area contributed by atoms with E-state index in [-0.39, 0.29) is 36.3 Å². The molecule has 2 aromatic rings. The van der Waals surface area contributed by atoms with Gasteiger partial charge < -0.3 is 15.5 Å². The third-order valence-electron chi connectivity index (χ3n) is 4.81. The van der Waals surface area contributed by atoms with Crippen molar-refractivity contribution in [2.75, 3.05) is 31.3 Å². The minimum absolute atomic E-state index is 0. The van der Waals surface area contributed by atoms with E-state index in [0.29, 0.717) is 23.6 Å². The summed E-state index contributed by atoms with van der Waals surface area (Å²) in [6, 6.07) is 12.5. The number of aliphatic imine (C=N–C) groups is 1. The van der Waals surface area contributed by atoms with E-state index in [1.54, 1.807) is 7.05 Å². The predicted molar refractivity (Wildman–Crippen MR) is 135 cm³/mol. The maximum atomic E-state index is 13.7. The van der Waals surface area contributed by atoms with Crippen LogP contribution in [0.2, 0.25) is 0 Å². The zero-order chi connectivity index (χ0) is 21.6. The van der Waals surface area contributed by atoms with Crippen molar-refractivity contribution in [3.8, 4) is 0 Å². The van der Waals surface area contributed by atoms with Gasteiger partial charge in [0.05, 0.1) is 5.75 Å². The van der Waals surface area contributed by atoms with Gasteiger partial charge in [0.1, 0.15) is 5.82 Å². The highest BCUT2D eigenvalue weighted by atomic mass is 127. The maximum Gasteiger partial charge on any atom is 0.191 e. The molecule has 6 nitrogen and oxygen atoms in total. The highest BCUT2D eigenvalue weighted by Crippen LogP contribution is 2.18. The Bertz CT molecular complexity index is 1050. The molecule has 0 aliphatic carbocycles. The van der Waals surface area contributed by atoms with Gasteiger partial charge >= 0.3 is 0 Å². The number of sulfone groups is 1. The summed E-state index contributed by atoms with van der Waals surface area (Å²) in [5, 5.41) is 6.38. The predicted octanol–water partition coefficient (Wildman–Crippen LogP) is 3.23. The lowest BCUT2D eigenvalue weighted by atomic mass is 10.1. The minimum Gasteiger partial charge on any atom is -0.364 e. The van der Waals surface area contributed by atoms with Crippen molar-refractivity contribution in [2.45, 2.75) is 18.8 Å². The first-order chi connectivity index (χ1) is 14.3. The van der Waals surface area contributed by atoms with E-state index in [9.17, 15) is 12.8 Å². The Morgan fingerprint density at radius 2 is 1.77 bits per heavy atom. The molecule has 2 aromatic carbocycles. The van der Waals surface area contributed by atoms with Gasteiger partial charge in [-0.2, -0.15) is 0 Å². The number of rotatable bonds is 7. The van der Waals surface area contributed by atoms with Crippen molar-refractivity contribution >= 4 is 45.5 Å². The topological polar surface area (TPSA) is 73.8 Å². The van der Waals surface area contributed by atoms with Gasteiger partial charge in [0.15, 0.2) is 15.8 Å². The summed E-state index contributed by atoms with van der Waals surface area (Å²) in [6.07, 6.45) is 5.47. The number of hydrogen-bond acceptors (Lipinski definition) is 4. The Hall–Kier alpha value is -2.14. The molecule has 1 aliphatic heterocycles. The quantitative estimate of drug-likeness (QED) is 0.237. The molecule has 3 rings (SSSR count). The number of anilines is 1. The first kappa shape index (κ1) is 25.1. The summed E-state index contributed by atoms with van der Waals surface area (Å²) in [5.41, 5.74) is 3.46. The Balaban J connectivity index is 0.00000341. The molecular formula is C22H28FIN4O2S. The molecule has 1 heterocycles. The van der Waals surface area contributed by atoms with Crippen LogP contribution in [0.25, 0.3) is 0 Å². The molecule has 1 aliphatic rings. The van der Waals surface area contributed by atoms with Crippen molar-refractivity contribution in [3.05, 3.63) is 77.1 Å². The van der Waals surface area contributed by atoms with Crippen LogP contribution in [-0.2, 0) is 28.7 Å². The van der Waals surface area contributed by atoms with E-state index in [1.807, 2.05) is 12.1 Å². The normalized spacial score (nSPS) is 13.8. The summed E-state index contributed by atoms with van der Waals surface area (Å²) in [7, 11) is -1.56. The number of nitrogens with zero attached hydrogens (tertiary/aromatic N) is 2. The third kappa shape index (κ3) is 7.80. The number of hydrogen-bond donors (Lipinski definition) is 2. The summed E-state index contributed by atoms with van der Waals surface area (Å²) in [6.45, 7) is 2.68. The molecule has 0 spiro atoms. The lowest BCUT2D eigenvalue weighted by Gasteiger charge is -2.19. The molecule has 2 N–H and O–H groups in total. The van der Waals surface area contributed by atoms with Gasteiger partial charge in [-0.1, -0.05) is 30.4 Å². The van der Waals surface area contributed by atoms with Crippen LogP contribution in [0, 0.1) is 5.82 Å². The number of nitrogens with one attached hydrogen (secondary N) is 2. The Kier molecular flexibility index (Phi) is 9.30. The highest BCUT2D eigenvalue weighted by Gasteiger charge is 2.12. The van der Waals surface area contributed by atoms with Crippen molar-refractivity contribution in [1.29, 1.82) is 0 Å². The lowest BCUT2D eigenvalue weighted by molar-refractivity contribution is 0.599. The monoisotopic (exact) mass is 558 g/mol. The molecule has 0 unspecified atom stereocenters. The van der Waals surface area contributed by atoms with E-state index < -0.39 is 15.7 Å². The number of guanidine groups is 1. The molecule has 0 bridgehead atoms. The van der Waals surface area contributed by atoms with E-state index in [4.69, 9.17) is 0 Å². The molecule has 0 saturated carbocycles. The van der Waals surface area contributed by atoms with Crippen LogP contribution < -0.4 is 15.5 Å². The molecule has 0 fully saturated rings. The van der Waals surface area contributed by atoms with Crippen LogP contribution in [-0.4, -0.2) is 40.8 Å². The van der Waals surface area contributed by atoms with E-state index in [1.165, 1.54) is 30.1 Å². The van der Waals surface area contributed by atoms with Gasteiger partial charge in [-0.3, -0.25) is 4.99 Å². The van der Waals surface area contributed by atoms with Gasteiger partial charge in [-0.05, 0) is 41.0 Å². The second-order valence-electron chi connectivity index (χ2n) is 7.31. The van der Waals surface area contributed by atoms with Gasteiger partial charge in [-0.15, -0.1) is 24.0 Å². The molecule has 168 valence electrons. The van der Waals surface area contributed by atoms with Gasteiger partial charge in [-0.25, -0.2) is 12.8 Å². The smallest absolute Gasteiger partial charge is 0.191 e. The highest BCUT2D eigenvalue weighted by molar-refractivity contribution is 14.0. The molecule has 0 aromatic heterocycles. The van der Waals surface area contributed by atoms with E-state index in [2.05, 4.69) is 44.8 Å². The molecule has 0 radical (unpaired) electrons. The minimum atomic E-state index is -3.22. The summed E-state index contributed by atoms with van der Waals surface area (Å²) < 4.78 is 37.0. The summed E-state index contributed by atoms with van der Waals surface area (Å²) in [5.74, 6) is 0.0205. The van der Waals surface area contributed by atoms with Crippen LogP contribution in [0.4, 0.5) is 10.1 Å². The van der Waals surface area contributed by atoms with E-state index >= 15 is 0 Å². The maximum absolute atomic E-state index is 13.7. The van der Waals surface area contributed by atoms with Crippen molar-refractivity contribution in [3.63, 3.8) is 0 Å². The van der Waals surface area contributed by atoms with Gasteiger partial charge in [0.2, 0.25) is 0 Å². The summed E-state index contributed by atoms with van der Waals surface area (Å²) >= 11 is 0. The van der Waals surface area contributed by atoms with Crippen LogP contribution in [0.5, 0.6) is 0 Å². The van der Waals surface area contributed by atoms with Crippen LogP contribution >= 0.6 is 24.0 Å². The standard InChI is InChI=1S/C22H27FN4O2S.HI/c1-24-22(25-14-17-6-5-7-21(12-17)27-10-3-4-11-27)26-15-19-13-20(23)9-8-18(19)16-30(2,28)29;/h3-9,12-13H,10-11,14-16H2,1-2H3,(H2,24,25,26);1H. The van der Waals surface area contributed by atoms with Crippen molar-refractivity contribution < 1.29 is 12.8 Å². The Labute approximate surface area is 200 Å². The molecule has 9 heteroatoms. The molecule has 31 heavy (non-hydrogen) atoms. The SMILES string of the molecule is CN=C(NCc1cccc(N2CC=CC2)c1)NCc1cc(F)ccc1CS(C)(=O)=O.I. The molecule has 0 saturated heterocycles. The van der Waals surface area contributed by atoms with Gasteiger partial charge in [0, 0.05) is 45.2 Å². The van der Waals surface area contributed by atoms with Crippen molar-refractivity contribution in [2.24, 2.45) is 4.99 Å². The average molecular weight is 558 g/mol. The second kappa shape index (κ2) is 11.5. The first-order valence-corrected chi connectivity index (χ1v) is 11.8. The van der Waals surface area contributed by atoms with Gasteiger partial charge in [0.25, 0.3) is 0 Å². The second-order valence-corrected chi connectivity index (χ2v) is 9.45. The van der Waals surface area contributed by atoms with Crippen LogP contribution in [0.15, 0.2) is 59.6 Å². The van der Waals surface area contributed by atoms with E-state index in [0.717, 1.165) is 18.7 Å². The fourth-order valence-corrected chi connectivity index (χ4v) is 4.17. The zero-order valence-electron chi connectivity index (χ0n) is 17.6. The zero-order valence-corrected chi connectivity index (χ0v) is 20.8. The Morgan fingerprint density at radius 1 is 1.06 bits per heavy atom. The molecular weight excluding hydrogens is 530 g/mol. The number of halogens is 2. The summed E-state index contributed by atoms with van der Waals surface area (Å²) in [4.78, 5) is 6.49. The molecule has 0 atom stereocenters. The third-order valence-corrected chi connectivity index (χ3v) is 5.65. The number of benzene rings is 2. The Morgan fingerprint density at radius 3 is 2.45 bits per heavy atom. The average Bonchev–Trinajstić information content (AvgIpc) is 3.24. The molecule has 0 amide bonds. The first-order valence-electron chi connectivity index (χ1n) is 9.72.